The highest BCUT2D eigenvalue weighted by molar-refractivity contribution is 6.35. The fourth-order valence-corrected chi connectivity index (χ4v) is 11.4. The Labute approximate surface area is 573 Å². The van der Waals surface area contributed by atoms with Gasteiger partial charge in [0.05, 0.1) is 132 Å². The SMILES string of the molecule is CN1Cc2c(Cl)cc(Cl)cc2C(c2cccc(/C(=C/NCCOCCOCCOCCOCCOCCNC(=O)NCCCCNC(=O)NCCOCCOCCOCCOCCOCCN/C=C(\N=N)c3cccc([C@@H]4CN(C)Cc5c(Cl)cc(Cl)cc54)c3)N=N)c2)C1. The normalized spacial score (nSPS) is 15.1. The Balaban J connectivity index is 0.613. The van der Waals surface area contributed by atoms with Gasteiger partial charge >= 0.3 is 12.1 Å². The Kier molecular flexibility index (Phi) is 38.3. The maximum atomic E-state index is 12.1. The lowest BCUT2D eigenvalue weighted by Gasteiger charge is -2.33. The lowest BCUT2D eigenvalue weighted by Crippen LogP contribution is -2.39. The van der Waals surface area contributed by atoms with E-state index >= 15 is 0 Å². The number of nitrogens with one attached hydrogen (secondary N) is 8. The van der Waals surface area contributed by atoms with Crippen LogP contribution in [0.1, 0.15) is 69.2 Å². The van der Waals surface area contributed by atoms with Crippen molar-refractivity contribution in [3.63, 3.8) is 0 Å². The van der Waals surface area contributed by atoms with Crippen molar-refractivity contribution in [2.45, 2.75) is 37.8 Å². The van der Waals surface area contributed by atoms with Crippen molar-refractivity contribution in [3.05, 3.63) is 150 Å². The Hall–Kier alpha value is -5.62. The molecule has 0 aromatic heterocycles. The number of likely N-dealkylation sites (N-methyl/N-ethyl adjacent to an activating group) is 2. The number of halogens is 4. The van der Waals surface area contributed by atoms with E-state index in [1.54, 1.807) is 24.5 Å². The van der Waals surface area contributed by atoms with Crippen LogP contribution in [0.5, 0.6) is 0 Å². The van der Waals surface area contributed by atoms with E-state index in [1.165, 1.54) is 0 Å². The van der Waals surface area contributed by atoms with Crippen LogP contribution in [-0.2, 0) is 60.5 Å². The molecule has 0 spiro atoms. The summed E-state index contributed by atoms with van der Waals surface area (Å²) in [5.41, 5.74) is 25.0. The van der Waals surface area contributed by atoms with Crippen LogP contribution in [0, 0.1) is 11.1 Å². The molecule has 0 aliphatic carbocycles. The van der Waals surface area contributed by atoms with E-state index < -0.39 is 0 Å². The van der Waals surface area contributed by atoms with Gasteiger partial charge in [-0.25, -0.2) is 20.7 Å². The Morgan fingerprint density at radius 1 is 0.447 bits per heavy atom. The van der Waals surface area contributed by atoms with Gasteiger partial charge < -0.3 is 89.1 Å². The first kappa shape index (κ1) is 77.4. The van der Waals surface area contributed by atoms with Crippen molar-refractivity contribution in [2.24, 2.45) is 10.2 Å². The first-order chi connectivity index (χ1) is 45.9. The number of nitrogens with zero attached hydrogens (tertiary/aromatic N) is 4. The molecule has 28 heteroatoms. The number of rotatable bonds is 49. The molecule has 4 amide bonds. The smallest absolute Gasteiger partial charge is 0.314 e. The molecule has 1 unspecified atom stereocenters. The maximum Gasteiger partial charge on any atom is 0.314 e. The van der Waals surface area contributed by atoms with Crippen LogP contribution in [0.3, 0.4) is 0 Å². The van der Waals surface area contributed by atoms with E-state index in [-0.39, 0.29) is 23.9 Å². The second kappa shape index (κ2) is 46.5. The molecule has 8 N–H and O–H groups in total. The second-order valence-corrected chi connectivity index (χ2v) is 23.7. The molecule has 0 saturated carbocycles. The number of hydrogen-bond acceptors (Lipinski definition) is 20. The van der Waals surface area contributed by atoms with Crippen molar-refractivity contribution < 1.29 is 57.0 Å². The van der Waals surface area contributed by atoms with Crippen LogP contribution in [0.2, 0.25) is 20.1 Å². The van der Waals surface area contributed by atoms with Gasteiger partial charge in [-0.1, -0.05) is 82.8 Å². The molecular formula is C66H94Cl4N12O12. The highest BCUT2D eigenvalue weighted by atomic mass is 35.5. The lowest BCUT2D eigenvalue weighted by atomic mass is 9.84. The first-order valence-corrected chi connectivity index (χ1v) is 33.4. The van der Waals surface area contributed by atoms with Crippen LogP contribution in [-0.4, -0.2) is 220 Å². The summed E-state index contributed by atoms with van der Waals surface area (Å²) in [4.78, 5) is 28.7. The van der Waals surface area contributed by atoms with Gasteiger partial charge in [-0.2, -0.15) is 10.2 Å². The number of benzene rings is 4. The Morgan fingerprint density at radius 3 is 1.09 bits per heavy atom. The van der Waals surface area contributed by atoms with Crippen molar-refractivity contribution in [3.8, 4) is 0 Å². The fraction of sp³-hybridized carbons (Fsp3) is 0.545. The summed E-state index contributed by atoms with van der Waals surface area (Å²) >= 11 is 25.9. The number of hydrogen-bond donors (Lipinski definition) is 8. The molecule has 0 radical (unpaired) electrons. The molecule has 2 heterocycles. The van der Waals surface area contributed by atoms with E-state index in [1.807, 2.05) is 36.4 Å². The van der Waals surface area contributed by atoms with Crippen LogP contribution in [0.25, 0.3) is 11.4 Å². The monoisotopic (exact) mass is 1390 g/mol. The largest absolute Gasteiger partial charge is 0.387 e. The molecule has 0 fully saturated rings. The van der Waals surface area contributed by atoms with Crippen LogP contribution in [0.15, 0.2) is 95.4 Å². The summed E-state index contributed by atoms with van der Waals surface area (Å²) in [5, 5.41) is 27.6. The van der Waals surface area contributed by atoms with Gasteiger partial charge in [-0.05, 0) is 96.7 Å². The van der Waals surface area contributed by atoms with E-state index in [4.69, 9.17) is 105 Å². The van der Waals surface area contributed by atoms with Gasteiger partial charge in [0.2, 0.25) is 0 Å². The molecule has 94 heavy (non-hydrogen) atoms. The standard InChI is InChI=1S/C66H94Cl4N12O12/c1-81-45-57(55-39-53(67)41-61(69)59(55)47-81)49-7-5-9-51(37-49)63(79-71)43-73-13-17-85-21-25-89-29-33-93-35-31-91-27-23-87-19-15-77-65(83)75-11-3-4-12-76-66(84)78-16-20-88-24-28-92-32-36-94-34-30-90-26-22-86-18-14-74-44-64(80-72)52-10-6-8-50(38-52)58-46-82(2)48-60-56(58)40-54(68)42-62(60)70/h5-10,37-44,57-58,71-74H,3-4,11-36,45-48H2,1-2H3,(H2,75,77,83)(H2,76,78,84)/b63-43-,64-44-,79-71?,80-72?/t57-,58?/m0/s1. The van der Waals surface area contributed by atoms with Crippen molar-refractivity contribution in [1.82, 2.24) is 41.7 Å². The van der Waals surface area contributed by atoms with Gasteiger partial charge in [0.15, 0.2) is 0 Å². The van der Waals surface area contributed by atoms with E-state index in [0.717, 1.165) is 70.7 Å². The molecule has 518 valence electrons. The molecular weight excluding hydrogens is 1290 g/mol. The number of urea groups is 2. The zero-order chi connectivity index (χ0) is 66.8. The highest BCUT2D eigenvalue weighted by Gasteiger charge is 2.29. The van der Waals surface area contributed by atoms with Crippen LogP contribution in [0.4, 0.5) is 9.59 Å². The molecule has 4 aromatic rings. The highest BCUT2D eigenvalue weighted by Crippen LogP contribution is 2.41. The molecule has 2 atom stereocenters. The van der Waals surface area contributed by atoms with E-state index in [0.29, 0.717) is 216 Å². The molecule has 4 aromatic carbocycles. The maximum absolute atomic E-state index is 12.1. The third-order valence-corrected chi connectivity index (χ3v) is 16.0. The molecule has 6 rings (SSSR count). The summed E-state index contributed by atoms with van der Waals surface area (Å²) < 4.78 is 55.8. The van der Waals surface area contributed by atoms with Crippen LogP contribution >= 0.6 is 46.4 Å². The third-order valence-electron chi connectivity index (χ3n) is 14.9. The van der Waals surface area contributed by atoms with Crippen molar-refractivity contribution in [2.75, 3.05) is 199 Å². The summed E-state index contributed by atoms with van der Waals surface area (Å²) in [5.74, 6) is 0.170. The molecule has 2 aliphatic rings. The summed E-state index contributed by atoms with van der Waals surface area (Å²) in [7, 11) is 4.16. The van der Waals surface area contributed by atoms with Gasteiger partial charge in [0.25, 0.3) is 0 Å². The molecule has 24 nitrogen and oxygen atoms in total. The van der Waals surface area contributed by atoms with E-state index in [9.17, 15) is 9.59 Å². The zero-order valence-corrected chi connectivity index (χ0v) is 57.1. The van der Waals surface area contributed by atoms with Gasteiger partial charge in [-0.3, -0.25) is 0 Å². The molecule has 2 aliphatic heterocycles. The van der Waals surface area contributed by atoms with E-state index in [2.05, 4.69) is 90.3 Å². The number of amides is 4. The van der Waals surface area contributed by atoms with Gasteiger partial charge in [0.1, 0.15) is 11.4 Å². The minimum Gasteiger partial charge on any atom is -0.387 e. The predicted octanol–water partition coefficient (Wildman–Crippen LogP) is 9.54. The average molecular weight is 1390 g/mol. The summed E-state index contributed by atoms with van der Waals surface area (Å²) in [6.45, 7) is 14.4. The third kappa shape index (κ3) is 29.8. The number of carbonyl (C=O) groups excluding carboxylic acids is 2. The fourth-order valence-electron chi connectivity index (χ4n) is 10.3. The molecule has 0 saturated heterocycles. The summed E-state index contributed by atoms with van der Waals surface area (Å²) in [6, 6.07) is 23.2. The predicted molar refractivity (Wildman–Crippen MR) is 365 cm³/mol. The number of ether oxygens (including phenoxy) is 10. The van der Waals surface area contributed by atoms with Gasteiger partial charge in [-0.15, -0.1) is 0 Å². The number of carbonyl (C=O) groups is 2. The van der Waals surface area contributed by atoms with Crippen LogP contribution < -0.4 is 31.9 Å². The quantitative estimate of drug-likeness (QED) is 0.0151. The minimum atomic E-state index is -0.281. The first-order valence-electron chi connectivity index (χ1n) is 31.9. The van der Waals surface area contributed by atoms with Gasteiger partial charge in [0, 0.05) is 121 Å². The lowest BCUT2D eigenvalue weighted by molar-refractivity contribution is -0.0104. The topological polar surface area (TPSA) is 278 Å². The summed E-state index contributed by atoms with van der Waals surface area (Å²) in [6.07, 6.45) is 4.87. The number of fused-ring (bicyclic) bond motifs is 2. The number of unbranched alkanes of at least 4 members (excludes halogenated alkanes) is 1. The molecule has 0 bridgehead atoms. The van der Waals surface area contributed by atoms with Crippen molar-refractivity contribution >= 4 is 69.9 Å². The Morgan fingerprint density at radius 2 is 0.755 bits per heavy atom. The minimum absolute atomic E-state index is 0.0852. The average Bonchev–Trinajstić information content (AvgIpc) is 0.846. The zero-order valence-electron chi connectivity index (χ0n) is 54.1. The van der Waals surface area contributed by atoms with Crippen molar-refractivity contribution in [1.29, 1.82) is 11.1 Å². The second-order valence-electron chi connectivity index (χ2n) is 22.0. The Bertz CT molecular complexity index is 2770.